The van der Waals surface area contributed by atoms with Crippen molar-refractivity contribution in [3.63, 3.8) is 0 Å². The van der Waals surface area contributed by atoms with Crippen LogP contribution in [0.3, 0.4) is 0 Å². The van der Waals surface area contributed by atoms with Crippen molar-refractivity contribution in [1.82, 2.24) is 19.7 Å². The van der Waals surface area contributed by atoms with E-state index in [1.54, 1.807) is 24.3 Å². The van der Waals surface area contributed by atoms with Crippen molar-refractivity contribution in [3.8, 4) is 17.1 Å². The third kappa shape index (κ3) is 4.45. The van der Waals surface area contributed by atoms with Gasteiger partial charge in [0, 0.05) is 5.56 Å². The predicted molar refractivity (Wildman–Crippen MR) is 105 cm³/mol. The quantitative estimate of drug-likeness (QED) is 0.420. The number of aromatic nitrogens is 4. The first-order chi connectivity index (χ1) is 14.8. The van der Waals surface area contributed by atoms with E-state index >= 15 is 0 Å². The van der Waals surface area contributed by atoms with Crippen molar-refractivity contribution in [2.45, 2.75) is 17.1 Å². The van der Waals surface area contributed by atoms with Crippen molar-refractivity contribution in [2.75, 3.05) is 0 Å². The molecule has 0 spiro atoms. The Balaban J connectivity index is 1.74. The molecule has 31 heavy (non-hydrogen) atoms. The number of rotatable bonds is 6. The average molecular weight is 446 g/mol. The van der Waals surface area contributed by atoms with Crippen molar-refractivity contribution < 1.29 is 27.5 Å². The molecule has 2 aromatic carbocycles. The van der Waals surface area contributed by atoms with Crippen LogP contribution in [0.15, 0.2) is 70.4 Å². The maximum atomic E-state index is 13.3. The van der Waals surface area contributed by atoms with Crippen LogP contribution in [0.25, 0.3) is 17.1 Å². The zero-order chi connectivity index (χ0) is 22.0. The number of benzene rings is 2. The van der Waals surface area contributed by atoms with Crippen LogP contribution in [0.4, 0.5) is 13.2 Å². The predicted octanol–water partition coefficient (Wildman–Crippen LogP) is 4.93. The molecule has 7 nitrogen and oxygen atoms in total. The van der Waals surface area contributed by atoms with Crippen LogP contribution in [-0.2, 0) is 11.9 Å². The molecule has 2 aromatic heterocycles. The number of alkyl halides is 3. The number of carbonyl (C=O) groups is 1. The highest BCUT2D eigenvalue weighted by atomic mass is 32.2. The lowest BCUT2D eigenvalue weighted by Gasteiger charge is -2.13. The topological polar surface area (TPSA) is 94.0 Å². The molecule has 0 amide bonds. The summed E-state index contributed by atoms with van der Waals surface area (Å²) < 4.78 is 46.4. The Kier molecular flexibility index (Phi) is 5.51. The minimum absolute atomic E-state index is 0.110. The number of halogens is 3. The van der Waals surface area contributed by atoms with Crippen molar-refractivity contribution in [2.24, 2.45) is 0 Å². The molecule has 0 aliphatic heterocycles. The van der Waals surface area contributed by atoms with Gasteiger partial charge in [-0.25, -0.2) is 9.78 Å². The number of aromatic carboxylic acids is 1. The van der Waals surface area contributed by atoms with Gasteiger partial charge in [0.05, 0.1) is 17.0 Å². The third-order valence-corrected chi connectivity index (χ3v) is 5.11. The number of carboxylic acid groups (broad SMARTS) is 1. The molecule has 1 N–H and O–H groups in total. The zero-order valence-corrected chi connectivity index (χ0v) is 16.4. The maximum absolute atomic E-state index is 13.3. The number of carboxylic acids is 1. The minimum Gasteiger partial charge on any atom is -0.476 e. The van der Waals surface area contributed by atoms with E-state index in [9.17, 15) is 18.0 Å². The number of hydrogen-bond donors (Lipinski definition) is 1. The smallest absolute Gasteiger partial charge is 0.416 e. The molecular formula is C20H13F3N4O3S. The molecule has 0 fully saturated rings. The van der Waals surface area contributed by atoms with Gasteiger partial charge in [0.25, 0.3) is 0 Å². The molecule has 2 heterocycles. The van der Waals surface area contributed by atoms with Gasteiger partial charge in [-0.15, -0.1) is 10.2 Å². The van der Waals surface area contributed by atoms with E-state index in [2.05, 4.69) is 15.2 Å². The second-order valence-corrected chi connectivity index (χ2v) is 7.22. The molecule has 0 aliphatic rings. The van der Waals surface area contributed by atoms with Crippen LogP contribution in [0.5, 0.6) is 0 Å². The van der Waals surface area contributed by atoms with Gasteiger partial charge in [-0.3, -0.25) is 4.57 Å². The van der Waals surface area contributed by atoms with Gasteiger partial charge in [-0.2, -0.15) is 13.2 Å². The Morgan fingerprint density at radius 3 is 2.55 bits per heavy atom. The normalized spacial score (nSPS) is 11.6. The van der Waals surface area contributed by atoms with Gasteiger partial charge in [0.2, 0.25) is 5.89 Å². The standard InChI is InChI=1S/C20H13F3N4O3S/c21-20(22,23)13-7-4-8-14(9-13)27-17(12-5-2-1-3-6-12)25-26-19(27)31-11-16-24-15(10-30-16)18(28)29/h1-10H,11H2,(H,28,29). The lowest BCUT2D eigenvalue weighted by Crippen LogP contribution is -2.07. The van der Waals surface area contributed by atoms with Gasteiger partial charge in [-0.05, 0) is 18.2 Å². The summed E-state index contributed by atoms with van der Waals surface area (Å²) >= 11 is 1.11. The summed E-state index contributed by atoms with van der Waals surface area (Å²) in [5.41, 5.74) is -0.129. The van der Waals surface area contributed by atoms with Gasteiger partial charge in [-0.1, -0.05) is 48.2 Å². The highest BCUT2D eigenvalue weighted by Gasteiger charge is 2.31. The van der Waals surface area contributed by atoms with Crippen LogP contribution in [-0.4, -0.2) is 30.8 Å². The molecule has 11 heteroatoms. The fraction of sp³-hybridized carbons (Fsp3) is 0.100. The Morgan fingerprint density at radius 2 is 1.87 bits per heavy atom. The summed E-state index contributed by atoms with van der Waals surface area (Å²) in [5.74, 6) is -0.610. The number of oxazole rings is 1. The largest absolute Gasteiger partial charge is 0.476 e. The average Bonchev–Trinajstić information content (AvgIpc) is 3.39. The van der Waals surface area contributed by atoms with Gasteiger partial charge in [0.15, 0.2) is 16.7 Å². The molecule has 0 saturated heterocycles. The first-order valence-corrected chi connectivity index (χ1v) is 9.80. The van der Waals surface area contributed by atoms with Crippen LogP contribution in [0.1, 0.15) is 21.9 Å². The van der Waals surface area contributed by atoms with Gasteiger partial charge < -0.3 is 9.52 Å². The molecule has 4 rings (SSSR count). The van der Waals surface area contributed by atoms with Crippen molar-refractivity contribution in [3.05, 3.63) is 78.0 Å². The van der Waals surface area contributed by atoms with Crippen LogP contribution >= 0.6 is 11.8 Å². The Morgan fingerprint density at radius 1 is 1.10 bits per heavy atom. The molecule has 0 radical (unpaired) electrons. The Hall–Kier alpha value is -3.60. The van der Waals surface area contributed by atoms with E-state index in [-0.39, 0.29) is 23.0 Å². The Labute approximate surface area is 177 Å². The SMILES string of the molecule is O=C(O)c1coc(CSc2nnc(-c3ccccc3)n2-c2cccc(C(F)(F)F)c2)n1. The molecule has 0 aliphatic carbocycles. The molecule has 0 atom stereocenters. The summed E-state index contributed by atoms with van der Waals surface area (Å²) in [6, 6.07) is 13.8. The number of nitrogens with zero attached hydrogens (tertiary/aromatic N) is 4. The molecule has 158 valence electrons. The van der Waals surface area contributed by atoms with Gasteiger partial charge in [0.1, 0.15) is 6.26 Å². The number of thioether (sulfide) groups is 1. The van der Waals surface area contributed by atoms with E-state index in [0.717, 1.165) is 30.2 Å². The monoisotopic (exact) mass is 446 g/mol. The molecular weight excluding hydrogens is 433 g/mol. The fourth-order valence-electron chi connectivity index (χ4n) is 2.79. The highest BCUT2D eigenvalue weighted by molar-refractivity contribution is 7.98. The third-order valence-electron chi connectivity index (χ3n) is 4.19. The van der Waals surface area contributed by atoms with E-state index in [1.807, 2.05) is 6.07 Å². The van der Waals surface area contributed by atoms with Gasteiger partial charge >= 0.3 is 12.1 Å². The van der Waals surface area contributed by atoms with E-state index in [4.69, 9.17) is 9.52 Å². The lowest BCUT2D eigenvalue weighted by atomic mass is 10.1. The van der Waals surface area contributed by atoms with Crippen LogP contribution < -0.4 is 0 Å². The molecule has 0 bridgehead atoms. The summed E-state index contributed by atoms with van der Waals surface area (Å²) in [7, 11) is 0. The summed E-state index contributed by atoms with van der Waals surface area (Å²) in [6.45, 7) is 0. The first kappa shape index (κ1) is 20.7. The molecule has 4 aromatic rings. The molecule has 0 unspecified atom stereocenters. The second kappa shape index (κ2) is 8.26. The van der Waals surface area contributed by atoms with Crippen LogP contribution in [0, 0.1) is 0 Å². The van der Waals surface area contributed by atoms with E-state index in [1.165, 1.54) is 16.7 Å². The number of hydrogen-bond acceptors (Lipinski definition) is 6. The summed E-state index contributed by atoms with van der Waals surface area (Å²) in [5, 5.41) is 17.5. The maximum Gasteiger partial charge on any atom is 0.416 e. The minimum atomic E-state index is -4.50. The summed E-state index contributed by atoms with van der Waals surface area (Å²) in [4.78, 5) is 14.8. The van der Waals surface area contributed by atoms with Crippen molar-refractivity contribution in [1.29, 1.82) is 0 Å². The van der Waals surface area contributed by atoms with Crippen molar-refractivity contribution >= 4 is 17.7 Å². The van der Waals surface area contributed by atoms with E-state index < -0.39 is 17.7 Å². The lowest BCUT2D eigenvalue weighted by molar-refractivity contribution is -0.137. The fourth-order valence-corrected chi connectivity index (χ4v) is 3.60. The molecule has 0 saturated carbocycles. The second-order valence-electron chi connectivity index (χ2n) is 6.28. The van der Waals surface area contributed by atoms with Crippen LogP contribution in [0.2, 0.25) is 0 Å². The highest BCUT2D eigenvalue weighted by Crippen LogP contribution is 2.34. The first-order valence-electron chi connectivity index (χ1n) is 8.82. The Bertz CT molecular complexity index is 1220. The summed E-state index contributed by atoms with van der Waals surface area (Å²) in [6.07, 6.45) is -3.49. The van der Waals surface area contributed by atoms with E-state index in [0.29, 0.717) is 16.5 Å². The zero-order valence-electron chi connectivity index (χ0n) is 15.6.